The smallest absolute Gasteiger partial charge is 0.342 e. The van der Waals surface area contributed by atoms with Gasteiger partial charge < -0.3 is 28.8 Å². The number of cyclic esters (lactones) is 1. The lowest BCUT2D eigenvalue weighted by atomic mass is 9.87. The number of hydrogen-bond donors (Lipinski definition) is 1. The van der Waals surface area contributed by atoms with Crippen LogP contribution in [0.1, 0.15) is 34.0 Å². The molecule has 1 aromatic heterocycles. The Morgan fingerprint density at radius 1 is 0.950 bits per heavy atom. The molecule has 1 N–H and O–H groups in total. The lowest BCUT2D eigenvalue weighted by Crippen LogP contribution is -2.30. The SMILES string of the molecule is CCOC(=O)c1ccc(CC2=C(c3ccc4nsnc4c3)C(=O)OC2(O)c2cc(OC)c(OC)c(OC)c2)cc1. The second-order valence-corrected chi connectivity index (χ2v) is 9.39. The molecule has 3 aromatic carbocycles. The van der Waals surface area contributed by atoms with Crippen molar-refractivity contribution in [3.8, 4) is 17.2 Å². The molecule has 4 aromatic rings. The van der Waals surface area contributed by atoms with E-state index in [2.05, 4.69) is 8.75 Å². The predicted octanol–water partition coefficient (Wildman–Crippen LogP) is 4.29. The van der Waals surface area contributed by atoms with E-state index in [9.17, 15) is 14.7 Å². The summed E-state index contributed by atoms with van der Waals surface area (Å²) in [5.41, 5.74) is 3.63. The van der Waals surface area contributed by atoms with E-state index in [1.807, 2.05) is 0 Å². The van der Waals surface area contributed by atoms with Crippen molar-refractivity contribution in [1.82, 2.24) is 8.75 Å². The Bertz CT molecular complexity index is 1600. The molecule has 2 heterocycles. The normalized spacial score (nSPS) is 16.7. The maximum Gasteiger partial charge on any atom is 0.342 e. The molecule has 1 aliphatic rings. The topological polar surface area (TPSA) is 126 Å². The summed E-state index contributed by atoms with van der Waals surface area (Å²) in [6, 6.07) is 15.1. The van der Waals surface area contributed by atoms with Crippen LogP contribution < -0.4 is 14.2 Å². The number of benzene rings is 3. The van der Waals surface area contributed by atoms with Gasteiger partial charge in [0.25, 0.3) is 5.79 Å². The summed E-state index contributed by atoms with van der Waals surface area (Å²) in [7, 11) is 4.38. The second-order valence-electron chi connectivity index (χ2n) is 8.86. The van der Waals surface area contributed by atoms with Crippen LogP contribution in [-0.4, -0.2) is 53.7 Å². The third-order valence-corrected chi connectivity index (χ3v) is 7.16. The molecule has 0 amide bonds. The molecule has 1 atom stereocenters. The van der Waals surface area contributed by atoms with Crippen molar-refractivity contribution in [3.63, 3.8) is 0 Å². The van der Waals surface area contributed by atoms with Crippen molar-refractivity contribution in [1.29, 1.82) is 0 Å². The van der Waals surface area contributed by atoms with E-state index in [-0.39, 0.29) is 41.2 Å². The molecule has 206 valence electrons. The number of fused-ring (bicyclic) bond motifs is 1. The number of esters is 2. The number of aliphatic hydroxyl groups is 1. The zero-order valence-corrected chi connectivity index (χ0v) is 23.0. The van der Waals surface area contributed by atoms with Crippen LogP contribution in [0.5, 0.6) is 17.2 Å². The first kappa shape index (κ1) is 27.1. The Balaban J connectivity index is 1.67. The highest BCUT2D eigenvalue weighted by molar-refractivity contribution is 7.00. The van der Waals surface area contributed by atoms with Crippen LogP contribution in [-0.2, 0) is 26.5 Å². The molecule has 11 heteroatoms. The van der Waals surface area contributed by atoms with Gasteiger partial charge >= 0.3 is 11.9 Å². The third-order valence-electron chi connectivity index (χ3n) is 6.60. The van der Waals surface area contributed by atoms with Crippen molar-refractivity contribution in [3.05, 3.63) is 82.4 Å². The van der Waals surface area contributed by atoms with Crippen molar-refractivity contribution in [2.45, 2.75) is 19.1 Å². The molecule has 1 aliphatic heterocycles. The molecule has 0 saturated carbocycles. The van der Waals surface area contributed by atoms with Crippen LogP contribution in [0.4, 0.5) is 0 Å². The van der Waals surface area contributed by atoms with Crippen molar-refractivity contribution in [2.75, 3.05) is 27.9 Å². The molecule has 0 bridgehead atoms. The fourth-order valence-electron chi connectivity index (χ4n) is 4.66. The number of hydrogen-bond acceptors (Lipinski definition) is 11. The highest BCUT2D eigenvalue weighted by atomic mass is 32.1. The maximum atomic E-state index is 13.5. The third kappa shape index (κ3) is 4.74. The average molecular weight is 563 g/mol. The Labute approximate surface area is 234 Å². The highest BCUT2D eigenvalue weighted by Crippen LogP contribution is 2.49. The number of rotatable bonds is 9. The van der Waals surface area contributed by atoms with E-state index in [1.165, 1.54) is 33.5 Å². The number of methoxy groups -OCH3 is 3. The van der Waals surface area contributed by atoms with Gasteiger partial charge in [-0.05, 0) is 54.4 Å². The van der Waals surface area contributed by atoms with Crippen molar-refractivity contribution >= 4 is 40.3 Å². The molecule has 5 rings (SSSR count). The van der Waals surface area contributed by atoms with Crippen molar-refractivity contribution in [2.24, 2.45) is 0 Å². The molecule has 0 fully saturated rings. The number of nitrogens with zero attached hydrogens (tertiary/aromatic N) is 2. The van der Waals surface area contributed by atoms with E-state index in [0.717, 1.165) is 17.3 Å². The van der Waals surface area contributed by atoms with Gasteiger partial charge in [-0.1, -0.05) is 18.2 Å². The first-order valence-electron chi connectivity index (χ1n) is 12.3. The zero-order chi connectivity index (χ0) is 28.4. The first-order chi connectivity index (χ1) is 19.3. The van der Waals surface area contributed by atoms with Crippen molar-refractivity contribution < 1.29 is 38.4 Å². The number of carbonyl (C=O) groups is 2. The minimum Gasteiger partial charge on any atom is -0.493 e. The summed E-state index contributed by atoms with van der Waals surface area (Å²) in [5.74, 6) is -2.44. The molecule has 1 unspecified atom stereocenters. The van der Waals surface area contributed by atoms with Gasteiger partial charge in [-0.3, -0.25) is 0 Å². The summed E-state index contributed by atoms with van der Waals surface area (Å²) in [6.45, 7) is 2.00. The van der Waals surface area contributed by atoms with Gasteiger partial charge in [-0.25, -0.2) is 9.59 Å². The summed E-state index contributed by atoms with van der Waals surface area (Å²) in [6.07, 6.45) is 0.116. The minimum atomic E-state index is -2.17. The van der Waals surface area contributed by atoms with Crippen LogP contribution in [0.3, 0.4) is 0 Å². The van der Waals surface area contributed by atoms with E-state index < -0.39 is 17.7 Å². The van der Waals surface area contributed by atoms with Crippen LogP contribution in [0, 0.1) is 0 Å². The van der Waals surface area contributed by atoms with Crippen LogP contribution in [0.15, 0.2) is 60.2 Å². The first-order valence-corrected chi connectivity index (χ1v) is 13.0. The molecule has 0 saturated heterocycles. The van der Waals surface area contributed by atoms with Crippen LogP contribution >= 0.6 is 11.7 Å². The minimum absolute atomic E-state index is 0.116. The Morgan fingerprint density at radius 3 is 2.25 bits per heavy atom. The van der Waals surface area contributed by atoms with Gasteiger partial charge in [0.2, 0.25) is 5.75 Å². The number of carbonyl (C=O) groups excluding carboxylic acids is 2. The molecule has 0 radical (unpaired) electrons. The lowest BCUT2D eigenvalue weighted by Gasteiger charge is -2.27. The van der Waals surface area contributed by atoms with Gasteiger partial charge in [0.05, 0.1) is 50.8 Å². The summed E-state index contributed by atoms with van der Waals surface area (Å²) in [5, 5.41) is 12.1. The predicted molar refractivity (Wildman–Crippen MR) is 147 cm³/mol. The summed E-state index contributed by atoms with van der Waals surface area (Å²) >= 11 is 1.06. The van der Waals surface area contributed by atoms with Gasteiger partial charge in [0.1, 0.15) is 11.0 Å². The van der Waals surface area contributed by atoms with Gasteiger partial charge in [0, 0.05) is 17.6 Å². The van der Waals surface area contributed by atoms with Crippen LogP contribution in [0.2, 0.25) is 0 Å². The molecule has 40 heavy (non-hydrogen) atoms. The summed E-state index contributed by atoms with van der Waals surface area (Å²) in [4.78, 5) is 25.6. The average Bonchev–Trinajstić information content (AvgIpc) is 3.54. The monoisotopic (exact) mass is 562 g/mol. The molecule has 0 aliphatic carbocycles. The molecule has 10 nitrogen and oxygen atoms in total. The van der Waals surface area contributed by atoms with Gasteiger partial charge in [-0.2, -0.15) is 8.75 Å². The maximum absolute atomic E-state index is 13.5. The van der Waals surface area contributed by atoms with Gasteiger partial charge in [0.15, 0.2) is 11.5 Å². The van der Waals surface area contributed by atoms with E-state index in [1.54, 1.807) is 49.4 Å². The Kier molecular flexibility index (Phi) is 7.42. The van der Waals surface area contributed by atoms with Crippen LogP contribution in [0.25, 0.3) is 16.6 Å². The van der Waals surface area contributed by atoms with E-state index >= 15 is 0 Å². The quantitative estimate of drug-likeness (QED) is 0.295. The van der Waals surface area contributed by atoms with E-state index in [4.69, 9.17) is 23.7 Å². The lowest BCUT2D eigenvalue weighted by molar-refractivity contribution is -0.185. The molecule has 0 spiro atoms. The standard InChI is InChI=1S/C29H26N2O8S/c1-5-38-27(32)17-8-6-16(7-9-17)12-20-25(18-10-11-21-22(13-18)31-40-30-21)28(33)39-29(20,34)19-14-23(35-2)26(37-4)24(15-19)36-3/h6-11,13-15,34H,5,12H2,1-4H3. The largest absolute Gasteiger partial charge is 0.493 e. The molecular weight excluding hydrogens is 536 g/mol. The number of aromatic nitrogens is 2. The second kappa shape index (κ2) is 10.9. The fraction of sp³-hybridized carbons (Fsp3) is 0.241. The zero-order valence-electron chi connectivity index (χ0n) is 22.2. The Hall–Kier alpha value is -4.48. The summed E-state index contributed by atoms with van der Waals surface area (Å²) < 4.78 is 35.7. The fourth-order valence-corrected chi connectivity index (χ4v) is 5.18. The number of ether oxygens (including phenoxy) is 5. The van der Waals surface area contributed by atoms with Gasteiger partial charge in [-0.15, -0.1) is 0 Å². The highest BCUT2D eigenvalue weighted by Gasteiger charge is 2.49. The Morgan fingerprint density at radius 2 is 1.62 bits per heavy atom. The van der Waals surface area contributed by atoms with E-state index in [0.29, 0.717) is 27.9 Å². The molecular formula is C29H26N2O8S.